The van der Waals surface area contributed by atoms with E-state index in [0.717, 1.165) is 31.4 Å². The number of carbonyl (C=O) groups excluding carboxylic acids is 1. The predicted octanol–water partition coefficient (Wildman–Crippen LogP) is 2.69. The van der Waals surface area contributed by atoms with E-state index in [2.05, 4.69) is 0 Å². The summed E-state index contributed by atoms with van der Waals surface area (Å²) in [4.78, 5) is 14.0. The molecule has 116 valence electrons. The van der Waals surface area contributed by atoms with Crippen LogP contribution in [-0.4, -0.2) is 29.9 Å². The van der Waals surface area contributed by atoms with Crippen molar-refractivity contribution in [1.29, 1.82) is 0 Å². The van der Waals surface area contributed by atoms with E-state index in [0.29, 0.717) is 13.1 Å². The van der Waals surface area contributed by atoms with Gasteiger partial charge in [0.05, 0.1) is 0 Å². The molecule has 2 atom stereocenters. The van der Waals surface area contributed by atoms with Crippen LogP contribution in [-0.2, 0) is 0 Å². The lowest BCUT2D eigenvalue weighted by atomic mass is 10.0. The van der Waals surface area contributed by atoms with Crippen molar-refractivity contribution >= 4 is 5.91 Å². The summed E-state index contributed by atoms with van der Waals surface area (Å²) in [6, 6.07) is 1.47. The predicted molar refractivity (Wildman–Crippen MR) is 73.2 cm³/mol. The molecule has 1 aliphatic rings. The molecule has 0 aliphatic heterocycles. The van der Waals surface area contributed by atoms with Gasteiger partial charge in [-0.05, 0) is 44.4 Å². The summed E-state index contributed by atoms with van der Waals surface area (Å²) >= 11 is 0. The largest absolute Gasteiger partial charge is 0.336 e. The molecule has 3 nitrogen and oxygen atoms in total. The number of nitrogens with two attached hydrogens (primary N) is 1. The van der Waals surface area contributed by atoms with Crippen LogP contribution in [0.2, 0.25) is 0 Å². The Morgan fingerprint density at radius 3 is 2.43 bits per heavy atom. The Morgan fingerprint density at radius 1 is 1.29 bits per heavy atom. The van der Waals surface area contributed by atoms with Gasteiger partial charge in [-0.1, -0.05) is 6.42 Å². The minimum atomic E-state index is -1.56. The fourth-order valence-corrected chi connectivity index (χ4v) is 3.08. The van der Waals surface area contributed by atoms with Gasteiger partial charge >= 0.3 is 0 Å². The standard InChI is InChI=1S/C15H19F3N2O/c1-2-20(13-5-3-4-9(13)8-19)15(21)10-6-11(16)14(18)12(17)7-10/h6-7,9,13H,2-5,8,19H2,1H3. The molecule has 2 rings (SSSR count). The van der Waals surface area contributed by atoms with Crippen LogP contribution in [0.3, 0.4) is 0 Å². The molecule has 0 spiro atoms. The van der Waals surface area contributed by atoms with Crippen LogP contribution in [0.1, 0.15) is 36.5 Å². The Labute approximate surface area is 121 Å². The van der Waals surface area contributed by atoms with Crippen molar-refractivity contribution < 1.29 is 18.0 Å². The molecule has 2 unspecified atom stereocenters. The third-order valence-electron chi connectivity index (χ3n) is 4.15. The average molecular weight is 300 g/mol. The van der Waals surface area contributed by atoms with Crippen molar-refractivity contribution in [3.63, 3.8) is 0 Å². The first kappa shape index (κ1) is 15.8. The van der Waals surface area contributed by atoms with Gasteiger partial charge in [-0.25, -0.2) is 13.2 Å². The highest BCUT2D eigenvalue weighted by Crippen LogP contribution is 2.30. The Bertz CT molecular complexity index is 513. The molecule has 1 aromatic rings. The number of halogens is 3. The monoisotopic (exact) mass is 300 g/mol. The number of nitrogens with zero attached hydrogens (tertiary/aromatic N) is 1. The first-order valence-corrected chi connectivity index (χ1v) is 7.15. The summed E-state index contributed by atoms with van der Waals surface area (Å²) in [5, 5.41) is 0. The lowest BCUT2D eigenvalue weighted by Gasteiger charge is -2.32. The second-order valence-electron chi connectivity index (χ2n) is 5.34. The van der Waals surface area contributed by atoms with Crippen molar-refractivity contribution in [1.82, 2.24) is 4.90 Å². The fourth-order valence-electron chi connectivity index (χ4n) is 3.08. The number of hydrogen-bond acceptors (Lipinski definition) is 2. The minimum absolute atomic E-state index is 0.0244. The zero-order valence-corrected chi connectivity index (χ0v) is 11.9. The molecule has 21 heavy (non-hydrogen) atoms. The maximum absolute atomic E-state index is 13.3. The molecule has 0 radical (unpaired) electrons. The van der Waals surface area contributed by atoms with Crippen molar-refractivity contribution in [3.8, 4) is 0 Å². The van der Waals surface area contributed by atoms with E-state index < -0.39 is 23.4 Å². The van der Waals surface area contributed by atoms with Gasteiger partial charge in [0.25, 0.3) is 5.91 Å². The number of amides is 1. The number of benzene rings is 1. The van der Waals surface area contributed by atoms with Gasteiger partial charge in [0.2, 0.25) is 0 Å². The summed E-state index contributed by atoms with van der Waals surface area (Å²) in [6.07, 6.45) is 2.74. The van der Waals surface area contributed by atoms with Gasteiger partial charge in [0.15, 0.2) is 17.5 Å². The van der Waals surface area contributed by atoms with Gasteiger partial charge in [-0.15, -0.1) is 0 Å². The molecule has 0 aromatic heterocycles. The summed E-state index contributed by atoms with van der Waals surface area (Å²) < 4.78 is 39.5. The molecule has 6 heteroatoms. The first-order chi connectivity index (χ1) is 9.99. The van der Waals surface area contributed by atoms with Crippen molar-refractivity contribution in [2.45, 2.75) is 32.2 Å². The van der Waals surface area contributed by atoms with E-state index in [1.54, 1.807) is 11.8 Å². The van der Waals surface area contributed by atoms with Crippen molar-refractivity contribution in [2.24, 2.45) is 11.7 Å². The van der Waals surface area contributed by atoms with E-state index in [-0.39, 0.29) is 17.5 Å². The highest BCUT2D eigenvalue weighted by atomic mass is 19.2. The Morgan fingerprint density at radius 2 is 1.90 bits per heavy atom. The number of rotatable bonds is 4. The molecule has 1 saturated carbocycles. The second-order valence-corrected chi connectivity index (χ2v) is 5.34. The van der Waals surface area contributed by atoms with Crippen LogP contribution in [0.5, 0.6) is 0 Å². The molecule has 2 N–H and O–H groups in total. The summed E-state index contributed by atoms with van der Waals surface area (Å²) in [5.41, 5.74) is 5.55. The van der Waals surface area contributed by atoms with Crippen LogP contribution in [0.25, 0.3) is 0 Å². The lowest BCUT2D eigenvalue weighted by Crippen LogP contribution is -2.44. The van der Waals surface area contributed by atoms with Gasteiger partial charge in [0.1, 0.15) is 0 Å². The molecular formula is C15H19F3N2O. The smallest absolute Gasteiger partial charge is 0.254 e. The third kappa shape index (κ3) is 3.05. The van der Waals surface area contributed by atoms with Crippen molar-refractivity contribution in [2.75, 3.05) is 13.1 Å². The molecule has 0 saturated heterocycles. The zero-order valence-electron chi connectivity index (χ0n) is 11.9. The van der Waals surface area contributed by atoms with Crippen LogP contribution in [0, 0.1) is 23.4 Å². The first-order valence-electron chi connectivity index (χ1n) is 7.15. The SMILES string of the molecule is CCN(C(=O)c1cc(F)c(F)c(F)c1)C1CCCC1CN. The van der Waals surface area contributed by atoms with Gasteiger partial charge in [-0.3, -0.25) is 4.79 Å². The Balaban J connectivity index is 2.28. The molecule has 1 amide bonds. The number of carbonyl (C=O) groups is 1. The topological polar surface area (TPSA) is 46.3 Å². The lowest BCUT2D eigenvalue weighted by molar-refractivity contribution is 0.0650. The molecule has 1 fully saturated rings. The van der Waals surface area contributed by atoms with Crippen LogP contribution >= 0.6 is 0 Å². The Hall–Kier alpha value is -1.56. The highest BCUT2D eigenvalue weighted by molar-refractivity contribution is 5.94. The van der Waals surface area contributed by atoms with Crippen molar-refractivity contribution in [3.05, 3.63) is 35.1 Å². The molecule has 1 aromatic carbocycles. The van der Waals surface area contributed by atoms with E-state index in [4.69, 9.17) is 5.73 Å². The summed E-state index contributed by atoms with van der Waals surface area (Å²) in [7, 11) is 0. The van der Waals surface area contributed by atoms with E-state index in [9.17, 15) is 18.0 Å². The third-order valence-corrected chi connectivity index (χ3v) is 4.15. The summed E-state index contributed by atoms with van der Waals surface area (Å²) in [5.74, 6) is -4.55. The molecule has 0 bridgehead atoms. The highest BCUT2D eigenvalue weighted by Gasteiger charge is 2.33. The maximum Gasteiger partial charge on any atom is 0.254 e. The Kier molecular flexibility index (Phi) is 4.88. The molecule has 1 aliphatic carbocycles. The summed E-state index contributed by atoms with van der Waals surface area (Å²) in [6.45, 7) is 2.70. The maximum atomic E-state index is 13.3. The van der Waals surface area contributed by atoms with Gasteiger partial charge in [-0.2, -0.15) is 0 Å². The molecule has 0 heterocycles. The van der Waals surface area contributed by atoms with Gasteiger partial charge in [0, 0.05) is 18.2 Å². The van der Waals surface area contributed by atoms with Crippen LogP contribution < -0.4 is 5.73 Å². The molecular weight excluding hydrogens is 281 g/mol. The van der Waals surface area contributed by atoms with Gasteiger partial charge < -0.3 is 10.6 Å². The fraction of sp³-hybridized carbons (Fsp3) is 0.533. The van der Waals surface area contributed by atoms with E-state index in [1.807, 2.05) is 0 Å². The average Bonchev–Trinajstić information content (AvgIpc) is 2.93. The van der Waals surface area contributed by atoms with E-state index >= 15 is 0 Å². The zero-order chi connectivity index (χ0) is 15.6. The normalized spacial score (nSPS) is 21.6. The quantitative estimate of drug-likeness (QED) is 0.869. The van der Waals surface area contributed by atoms with E-state index in [1.165, 1.54) is 0 Å². The van der Waals surface area contributed by atoms with Crippen LogP contribution in [0.15, 0.2) is 12.1 Å². The van der Waals surface area contributed by atoms with Crippen LogP contribution in [0.4, 0.5) is 13.2 Å². The second kappa shape index (κ2) is 6.47. The minimum Gasteiger partial charge on any atom is -0.336 e. The number of hydrogen-bond donors (Lipinski definition) is 1.